The minimum atomic E-state index is -0.555. The second-order valence-electron chi connectivity index (χ2n) is 6.91. The van der Waals surface area contributed by atoms with Gasteiger partial charge < -0.3 is 4.74 Å². The van der Waals surface area contributed by atoms with Gasteiger partial charge in [-0.3, -0.25) is 4.79 Å². The van der Waals surface area contributed by atoms with E-state index in [1.165, 1.54) is 13.0 Å². The minimum absolute atomic E-state index is 0.233. The van der Waals surface area contributed by atoms with Crippen LogP contribution in [0.3, 0.4) is 0 Å². The van der Waals surface area contributed by atoms with Crippen molar-refractivity contribution in [3.8, 4) is 0 Å². The highest BCUT2D eigenvalue weighted by Crippen LogP contribution is 2.38. The fraction of sp³-hybridized carbons (Fsp3) is 0.174. The zero-order chi connectivity index (χ0) is 20.5. The fourth-order valence-electron chi connectivity index (χ4n) is 3.57. The number of nitrogens with zero attached hydrogens (tertiary/aromatic N) is 1. The predicted octanol–water partition coefficient (Wildman–Crippen LogP) is 5.26. The summed E-state index contributed by atoms with van der Waals surface area (Å²) in [6.45, 7) is 1.08. The van der Waals surface area contributed by atoms with E-state index in [1.807, 2.05) is 24.3 Å². The molecule has 0 fully saturated rings. The molecule has 146 valence electrons. The fourth-order valence-corrected chi connectivity index (χ4v) is 3.79. The molecule has 0 aliphatic heterocycles. The van der Waals surface area contributed by atoms with Crippen molar-refractivity contribution in [3.05, 3.63) is 75.7 Å². The van der Waals surface area contributed by atoms with Gasteiger partial charge in [0, 0.05) is 10.9 Å². The maximum absolute atomic E-state index is 14.3. The van der Waals surface area contributed by atoms with Crippen molar-refractivity contribution < 1.29 is 18.7 Å². The van der Waals surface area contributed by atoms with E-state index in [9.17, 15) is 14.0 Å². The summed E-state index contributed by atoms with van der Waals surface area (Å²) in [4.78, 5) is 28.8. The summed E-state index contributed by atoms with van der Waals surface area (Å²) >= 11 is 6.17. The Morgan fingerprint density at radius 3 is 2.72 bits per heavy atom. The SMILES string of the molecule is CC(=O)COC(=O)c1c2c(nc3ccccc13)/C(=C/c1c(F)cccc1Cl)CC2. The van der Waals surface area contributed by atoms with Crippen LogP contribution in [-0.4, -0.2) is 23.3 Å². The third-order valence-electron chi connectivity index (χ3n) is 4.87. The molecule has 0 amide bonds. The molecule has 1 aromatic heterocycles. The van der Waals surface area contributed by atoms with Crippen molar-refractivity contribution in [1.82, 2.24) is 4.98 Å². The van der Waals surface area contributed by atoms with Crippen LogP contribution < -0.4 is 0 Å². The molecule has 2 aromatic carbocycles. The van der Waals surface area contributed by atoms with Crippen LogP contribution in [0.25, 0.3) is 22.6 Å². The number of hydrogen-bond acceptors (Lipinski definition) is 4. The van der Waals surface area contributed by atoms with Gasteiger partial charge in [0.15, 0.2) is 5.78 Å². The number of pyridine rings is 1. The van der Waals surface area contributed by atoms with Crippen molar-refractivity contribution in [3.63, 3.8) is 0 Å². The second-order valence-corrected chi connectivity index (χ2v) is 7.32. The van der Waals surface area contributed by atoms with E-state index in [0.717, 1.165) is 11.1 Å². The lowest BCUT2D eigenvalue weighted by Gasteiger charge is -2.12. The monoisotopic (exact) mass is 409 g/mol. The Kier molecular flexibility index (Phi) is 5.16. The highest BCUT2D eigenvalue weighted by Gasteiger charge is 2.28. The summed E-state index contributed by atoms with van der Waals surface area (Å²) in [5, 5.41) is 0.984. The van der Waals surface area contributed by atoms with E-state index < -0.39 is 11.8 Å². The lowest BCUT2D eigenvalue weighted by molar-refractivity contribution is -0.120. The van der Waals surface area contributed by atoms with Gasteiger partial charge in [0.1, 0.15) is 12.4 Å². The van der Waals surface area contributed by atoms with Crippen LogP contribution in [0, 0.1) is 5.82 Å². The third kappa shape index (κ3) is 3.66. The number of aromatic nitrogens is 1. The highest BCUT2D eigenvalue weighted by atomic mass is 35.5. The quantitative estimate of drug-likeness (QED) is 0.551. The molecule has 1 heterocycles. The zero-order valence-electron chi connectivity index (χ0n) is 15.7. The van der Waals surface area contributed by atoms with Gasteiger partial charge in [0.25, 0.3) is 0 Å². The van der Waals surface area contributed by atoms with Crippen LogP contribution in [-0.2, 0) is 16.0 Å². The molecule has 0 saturated carbocycles. The largest absolute Gasteiger partial charge is 0.454 e. The highest BCUT2D eigenvalue weighted by molar-refractivity contribution is 6.32. The normalized spacial score (nSPS) is 14.2. The number of esters is 1. The van der Waals surface area contributed by atoms with Crippen molar-refractivity contribution in [2.45, 2.75) is 19.8 Å². The molecule has 1 aliphatic carbocycles. The number of allylic oxidation sites excluding steroid dienone is 1. The topological polar surface area (TPSA) is 56.3 Å². The number of rotatable bonds is 4. The van der Waals surface area contributed by atoms with Gasteiger partial charge in [-0.05, 0) is 55.2 Å². The predicted molar refractivity (Wildman–Crippen MR) is 110 cm³/mol. The molecule has 0 atom stereocenters. The van der Waals surface area contributed by atoms with Gasteiger partial charge in [-0.25, -0.2) is 14.2 Å². The molecule has 29 heavy (non-hydrogen) atoms. The van der Waals surface area contributed by atoms with Crippen molar-refractivity contribution in [2.24, 2.45) is 0 Å². The summed E-state index contributed by atoms with van der Waals surface area (Å²) in [6, 6.07) is 11.8. The van der Waals surface area contributed by atoms with Crippen molar-refractivity contribution >= 4 is 45.9 Å². The molecule has 0 unspecified atom stereocenters. The Morgan fingerprint density at radius 1 is 1.17 bits per heavy atom. The van der Waals surface area contributed by atoms with E-state index >= 15 is 0 Å². The number of ketones is 1. The lowest BCUT2D eigenvalue weighted by Crippen LogP contribution is -2.14. The molecule has 4 rings (SSSR count). The smallest absolute Gasteiger partial charge is 0.339 e. The summed E-state index contributed by atoms with van der Waals surface area (Å²) < 4.78 is 19.5. The number of carbonyl (C=O) groups excluding carboxylic acids is 2. The van der Waals surface area contributed by atoms with Crippen LogP contribution in [0.1, 0.15) is 40.5 Å². The number of carbonyl (C=O) groups is 2. The molecule has 0 saturated heterocycles. The molecular formula is C23H17ClFNO3. The average molecular weight is 410 g/mol. The number of benzene rings is 2. The number of hydrogen-bond donors (Lipinski definition) is 0. The third-order valence-corrected chi connectivity index (χ3v) is 5.20. The first kappa shape index (κ1) is 19.3. The summed E-state index contributed by atoms with van der Waals surface area (Å²) in [5.74, 6) is -1.20. The average Bonchev–Trinajstić information content (AvgIpc) is 3.09. The van der Waals surface area contributed by atoms with Gasteiger partial charge in [-0.1, -0.05) is 35.9 Å². The molecular weight excluding hydrogens is 393 g/mol. The number of ether oxygens (including phenoxy) is 1. The van der Waals surface area contributed by atoms with E-state index in [4.69, 9.17) is 21.3 Å². The zero-order valence-corrected chi connectivity index (χ0v) is 16.4. The molecule has 0 N–H and O–H groups in total. The molecule has 6 heteroatoms. The van der Waals surface area contributed by atoms with E-state index in [-0.39, 0.29) is 12.4 Å². The molecule has 0 bridgehead atoms. The van der Waals surface area contributed by atoms with Gasteiger partial charge in [0.05, 0.1) is 21.8 Å². The number of halogens is 2. The Morgan fingerprint density at radius 2 is 1.97 bits per heavy atom. The van der Waals surface area contributed by atoms with Crippen LogP contribution >= 0.6 is 11.6 Å². The Balaban J connectivity index is 1.88. The Hall–Kier alpha value is -3.05. The lowest BCUT2D eigenvalue weighted by atomic mass is 10.0. The van der Waals surface area contributed by atoms with Crippen LogP contribution in [0.5, 0.6) is 0 Å². The number of Topliss-reactive ketones (excluding diaryl/α,β-unsaturated/α-hetero) is 1. The van der Waals surface area contributed by atoms with Crippen molar-refractivity contribution in [2.75, 3.05) is 6.61 Å². The molecule has 3 aromatic rings. The first-order chi connectivity index (χ1) is 14.0. The van der Waals surface area contributed by atoms with E-state index in [2.05, 4.69) is 0 Å². The minimum Gasteiger partial charge on any atom is -0.454 e. The summed E-state index contributed by atoms with van der Waals surface area (Å²) in [6.07, 6.45) is 2.85. The van der Waals surface area contributed by atoms with Gasteiger partial charge in [-0.2, -0.15) is 0 Å². The number of para-hydroxylation sites is 1. The Labute approximate surface area is 172 Å². The first-order valence-electron chi connectivity index (χ1n) is 9.19. The maximum atomic E-state index is 14.3. The second kappa shape index (κ2) is 7.76. The Bertz CT molecular complexity index is 1170. The molecule has 0 spiro atoms. The number of fused-ring (bicyclic) bond motifs is 2. The van der Waals surface area contributed by atoms with Gasteiger partial charge in [-0.15, -0.1) is 0 Å². The molecule has 4 nitrogen and oxygen atoms in total. The van der Waals surface area contributed by atoms with Gasteiger partial charge in [0.2, 0.25) is 0 Å². The van der Waals surface area contributed by atoms with E-state index in [1.54, 1.807) is 18.2 Å². The van der Waals surface area contributed by atoms with Gasteiger partial charge >= 0.3 is 5.97 Å². The van der Waals surface area contributed by atoms with Crippen molar-refractivity contribution in [1.29, 1.82) is 0 Å². The standard InChI is InChI=1S/C23H17ClFNO3/c1-13(27)12-29-23(28)21-15-5-2-3-8-20(15)26-22-14(9-10-16(21)22)11-17-18(24)6-4-7-19(17)25/h2-8,11H,9-10,12H2,1H3/b14-11+. The van der Waals surface area contributed by atoms with Crippen LogP contribution in [0.15, 0.2) is 42.5 Å². The van der Waals surface area contributed by atoms with E-state index in [0.29, 0.717) is 45.6 Å². The molecule has 1 aliphatic rings. The summed E-state index contributed by atoms with van der Waals surface area (Å²) in [7, 11) is 0. The first-order valence-corrected chi connectivity index (χ1v) is 9.56. The van der Waals surface area contributed by atoms with Crippen LogP contribution in [0.4, 0.5) is 4.39 Å². The summed E-state index contributed by atoms with van der Waals surface area (Å²) in [5.41, 5.74) is 3.53. The molecule has 0 radical (unpaired) electrons. The maximum Gasteiger partial charge on any atom is 0.339 e. The van der Waals surface area contributed by atoms with Crippen LogP contribution in [0.2, 0.25) is 5.02 Å².